The Morgan fingerprint density at radius 1 is 1.28 bits per heavy atom. The number of hydrogen-bond donors (Lipinski definition) is 1. The molecule has 0 saturated heterocycles. The molecule has 0 aliphatic heterocycles. The fourth-order valence-corrected chi connectivity index (χ4v) is 1.94. The summed E-state index contributed by atoms with van der Waals surface area (Å²) in [5, 5.41) is 0. The third kappa shape index (κ3) is 9.42. The molecule has 0 rings (SSSR count). The van der Waals surface area contributed by atoms with Crippen molar-refractivity contribution in [3.8, 4) is 0 Å². The van der Waals surface area contributed by atoms with Crippen molar-refractivity contribution in [3.63, 3.8) is 0 Å². The SMILES string of the molecule is CCOC(=O)CCCCCN(C)CC(C)(C)CN. The first-order valence-corrected chi connectivity index (χ1v) is 6.95. The van der Waals surface area contributed by atoms with E-state index in [0.29, 0.717) is 19.6 Å². The first-order valence-electron chi connectivity index (χ1n) is 6.95. The average molecular weight is 258 g/mol. The van der Waals surface area contributed by atoms with Crippen LogP contribution in [-0.4, -0.2) is 44.2 Å². The van der Waals surface area contributed by atoms with Gasteiger partial charge in [-0.15, -0.1) is 0 Å². The van der Waals surface area contributed by atoms with E-state index in [0.717, 1.165) is 32.4 Å². The zero-order valence-corrected chi connectivity index (χ0v) is 12.5. The average Bonchev–Trinajstić information content (AvgIpc) is 2.28. The van der Waals surface area contributed by atoms with Crippen molar-refractivity contribution in [1.82, 2.24) is 4.90 Å². The zero-order valence-electron chi connectivity index (χ0n) is 12.5. The van der Waals surface area contributed by atoms with Crippen molar-refractivity contribution >= 4 is 5.97 Å². The van der Waals surface area contributed by atoms with Crippen molar-refractivity contribution in [2.75, 3.05) is 33.3 Å². The zero-order chi connectivity index (χ0) is 14.0. The molecule has 0 saturated carbocycles. The highest BCUT2D eigenvalue weighted by Gasteiger charge is 2.17. The minimum absolute atomic E-state index is 0.0740. The Balaban J connectivity index is 3.52. The van der Waals surface area contributed by atoms with Crippen LogP contribution in [0.3, 0.4) is 0 Å². The van der Waals surface area contributed by atoms with Gasteiger partial charge in [-0.3, -0.25) is 4.79 Å². The molecule has 0 aliphatic carbocycles. The lowest BCUT2D eigenvalue weighted by atomic mass is 9.93. The van der Waals surface area contributed by atoms with Gasteiger partial charge in [0.05, 0.1) is 6.61 Å². The summed E-state index contributed by atoms with van der Waals surface area (Å²) in [6.45, 7) is 9.48. The maximum atomic E-state index is 11.1. The molecular weight excluding hydrogens is 228 g/mol. The van der Waals surface area contributed by atoms with Gasteiger partial charge in [-0.05, 0) is 45.3 Å². The Morgan fingerprint density at radius 3 is 2.50 bits per heavy atom. The van der Waals surface area contributed by atoms with E-state index in [1.165, 1.54) is 0 Å². The van der Waals surface area contributed by atoms with Gasteiger partial charge in [-0.25, -0.2) is 0 Å². The van der Waals surface area contributed by atoms with E-state index < -0.39 is 0 Å². The molecule has 0 aromatic heterocycles. The molecule has 0 unspecified atom stereocenters. The van der Waals surface area contributed by atoms with E-state index >= 15 is 0 Å². The first kappa shape index (κ1) is 17.4. The van der Waals surface area contributed by atoms with Crippen LogP contribution in [0.2, 0.25) is 0 Å². The fraction of sp³-hybridized carbons (Fsp3) is 0.929. The predicted molar refractivity (Wildman–Crippen MR) is 75.4 cm³/mol. The summed E-state index contributed by atoms with van der Waals surface area (Å²) in [6.07, 6.45) is 3.67. The topological polar surface area (TPSA) is 55.6 Å². The molecule has 0 radical (unpaired) electrons. The summed E-state index contributed by atoms with van der Waals surface area (Å²) in [4.78, 5) is 13.4. The van der Waals surface area contributed by atoms with Gasteiger partial charge in [-0.1, -0.05) is 20.3 Å². The number of carbonyl (C=O) groups is 1. The van der Waals surface area contributed by atoms with Crippen molar-refractivity contribution in [1.29, 1.82) is 0 Å². The van der Waals surface area contributed by atoms with E-state index in [4.69, 9.17) is 10.5 Å². The predicted octanol–water partition coefficient (Wildman–Crippen LogP) is 2.03. The number of hydrogen-bond acceptors (Lipinski definition) is 4. The Hall–Kier alpha value is -0.610. The quantitative estimate of drug-likeness (QED) is 0.481. The Bertz CT molecular complexity index is 230. The second-order valence-corrected chi connectivity index (χ2v) is 5.72. The van der Waals surface area contributed by atoms with Crippen molar-refractivity contribution in [3.05, 3.63) is 0 Å². The highest BCUT2D eigenvalue weighted by atomic mass is 16.5. The van der Waals surface area contributed by atoms with E-state index in [2.05, 4.69) is 25.8 Å². The highest BCUT2D eigenvalue weighted by Crippen LogP contribution is 2.14. The first-order chi connectivity index (χ1) is 8.41. The smallest absolute Gasteiger partial charge is 0.305 e. The largest absolute Gasteiger partial charge is 0.466 e. The van der Waals surface area contributed by atoms with Gasteiger partial charge in [0.15, 0.2) is 0 Å². The number of nitrogens with two attached hydrogens (primary N) is 1. The van der Waals surface area contributed by atoms with Crippen LogP contribution in [0.5, 0.6) is 0 Å². The molecule has 4 nitrogen and oxygen atoms in total. The number of esters is 1. The third-order valence-electron chi connectivity index (χ3n) is 2.98. The van der Waals surface area contributed by atoms with Gasteiger partial charge in [0.1, 0.15) is 0 Å². The fourth-order valence-electron chi connectivity index (χ4n) is 1.94. The summed E-state index contributed by atoms with van der Waals surface area (Å²) in [5.41, 5.74) is 5.89. The Labute approximate surface area is 112 Å². The lowest BCUT2D eigenvalue weighted by Crippen LogP contribution is -2.37. The van der Waals surface area contributed by atoms with Crippen molar-refractivity contribution < 1.29 is 9.53 Å². The molecule has 0 heterocycles. The summed E-state index contributed by atoms with van der Waals surface area (Å²) < 4.78 is 4.89. The van der Waals surface area contributed by atoms with Gasteiger partial charge < -0.3 is 15.4 Å². The number of carbonyl (C=O) groups excluding carboxylic acids is 1. The monoisotopic (exact) mass is 258 g/mol. The Morgan fingerprint density at radius 2 is 1.94 bits per heavy atom. The van der Waals surface area contributed by atoms with E-state index in [1.807, 2.05) is 6.92 Å². The number of rotatable bonds is 10. The van der Waals surface area contributed by atoms with Gasteiger partial charge in [0.25, 0.3) is 0 Å². The second kappa shape index (κ2) is 9.34. The summed E-state index contributed by atoms with van der Waals surface area (Å²) in [7, 11) is 2.13. The van der Waals surface area contributed by atoms with Crippen LogP contribution in [0.4, 0.5) is 0 Å². The second-order valence-electron chi connectivity index (χ2n) is 5.72. The minimum atomic E-state index is -0.0740. The van der Waals surface area contributed by atoms with Crippen LogP contribution < -0.4 is 5.73 Å². The minimum Gasteiger partial charge on any atom is -0.466 e. The van der Waals surface area contributed by atoms with Crippen molar-refractivity contribution in [2.24, 2.45) is 11.1 Å². The maximum absolute atomic E-state index is 11.1. The van der Waals surface area contributed by atoms with Gasteiger partial charge in [-0.2, -0.15) is 0 Å². The van der Waals surface area contributed by atoms with Crippen LogP contribution in [0.25, 0.3) is 0 Å². The lowest BCUT2D eigenvalue weighted by Gasteiger charge is -2.28. The van der Waals surface area contributed by atoms with Crippen LogP contribution >= 0.6 is 0 Å². The van der Waals surface area contributed by atoms with Gasteiger partial charge >= 0.3 is 5.97 Å². The van der Waals surface area contributed by atoms with Crippen LogP contribution in [-0.2, 0) is 9.53 Å². The van der Waals surface area contributed by atoms with E-state index in [1.54, 1.807) is 0 Å². The van der Waals surface area contributed by atoms with Gasteiger partial charge in [0, 0.05) is 13.0 Å². The lowest BCUT2D eigenvalue weighted by molar-refractivity contribution is -0.143. The van der Waals surface area contributed by atoms with Gasteiger partial charge in [0.2, 0.25) is 0 Å². The van der Waals surface area contributed by atoms with E-state index in [9.17, 15) is 4.79 Å². The van der Waals surface area contributed by atoms with Crippen molar-refractivity contribution in [2.45, 2.75) is 46.5 Å². The molecule has 0 amide bonds. The molecule has 0 spiro atoms. The molecule has 0 aliphatic rings. The Kier molecular flexibility index (Phi) is 9.02. The third-order valence-corrected chi connectivity index (χ3v) is 2.98. The van der Waals surface area contributed by atoms with Crippen LogP contribution in [0.15, 0.2) is 0 Å². The molecule has 0 aromatic carbocycles. The number of unbranched alkanes of at least 4 members (excludes halogenated alkanes) is 2. The summed E-state index contributed by atoms with van der Waals surface area (Å²) in [6, 6.07) is 0. The molecule has 0 aromatic rings. The molecule has 2 N–H and O–H groups in total. The molecule has 108 valence electrons. The normalized spacial score (nSPS) is 11.9. The number of nitrogens with zero attached hydrogens (tertiary/aromatic N) is 1. The molecule has 4 heteroatoms. The van der Waals surface area contributed by atoms with E-state index in [-0.39, 0.29) is 11.4 Å². The van der Waals surface area contributed by atoms with Crippen LogP contribution in [0.1, 0.15) is 46.5 Å². The number of ether oxygens (including phenoxy) is 1. The molecular formula is C14H30N2O2. The molecule has 18 heavy (non-hydrogen) atoms. The molecule has 0 fully saturated rings. The summed E-state index contributed by atoms with van der Waals surface area (Å²) >= 11 is 0. The standard InChI is InChI=1S/C14H30N2O2/c1-5-18-13(17)9-7-6-8-10-16(4)12-14(2,3)11-15/h5-12,15H2,1-4H3. The molecule has 0 atom stereocenters. The molecule has 0 bridgehead atoms. The summed E-state index contributed by atoms with van der Waals surface area (Å²) in [5.74, 6) is -0.0740. The maximum Gasteiger partial charge on any atom is 0.305 e. The highest BCUT2D eigenvalue weighted by molar-refractivity contribution is 5.69. The van der Waals surface area contributed by atoms with Crippen LogP contribution in [0, 0.1) is 5.41 Å².